The molecule has 3 N–H and O–H groups in total. The number of hydrogen-bond donors (Lipinski definition) is 2. The number of amides is 1. The van der Waals surface area contributed by atoms with Crippen LogP contribution in [-0.2, 0) is 11.3 Å². The van der Waals surface area contributed by atoms with Gasteiger partial charge in [-0.15, -0.1) is 0 Å². The second kappa shape index (κ2) is 6.43. The number of benzene rings is 1. The van der Waals surface area contributed by atoms with Gasteiger partial charge in [0.1, 0.15) is 5.76 Å². The first-order valence-corrected chi connectivity index (χ1v) is 6.41. The van der Waals surface area contributed by atoms with Crippen molar-refractivity contribution in [2.24, 2.45) is 5.73 Å². The first-order chi connectivity index (χ1) is 10.0. The molecule has 0 saturated carbocycles. The lowest BCUT2D eigenvalue weighted by Gasteiger charge is -2.09. The Labute approximate surface area is 125 Å². The molecular weight excluding hydrogens is 296 g/mol. The highest BCUT2D eigenvalue weighted by Gasteiger charge is 2.17. The summed E-state index contributed by atoms with van der Waals surface area (Å²) in [5.41, 5.74) is 5.85. The van der Waals surface area contributed by atoms with Crippen molar-refractivity contribution < 1.29 is 18.7 Å². The van der Waals surface area contributed by atoms with Crippen LogP contribution in [0.1, 0.15) is 26.7 Å². The largest absolute Gasteiger partial charge is 0.465 e. The summed E-state index contributed by atoms with van der Waals surface area (Å²) in [6.07, 6.45) is 0. The van der Waals surface area contributed by atoms with Crippen molar-refractivity contribution in [2.75, 3.05) is 12.4 Å². The average molecular weight is 309 g/mol. The van der Waals surface area contributed by atoms with Crippen LogP contribution in [-0.4, -0.2) is 19.0 Å². The molecular formula is C14H13ClN2O4. The number of carbonyl (C=O) groups is 2. The molecule has 6 nitrogen and oxygen atoms in total. The number of carbonyl (C=O) groups excluding carboxylic acids is 2. The van der Waals surface area contributed by atoms with Gasteiger partial charge >= 0.3 is 5.97 Å². The van der Waals surface area contributed by atoms with Crippen LogP contribution in [0.25, 0.3) is 0 Å². The minimum atomic E-state index is -0.602. The van der Waals surface area contributed by atoms with Gasteiger partial charge in [-0.2, -0.15) is 0 Å². The minimum absolute atomic E-state index is 0.0983. The van der Waals surface area contributed by atoms with E-state index >= 15 is 0 Å². The van der Waals surface area contributed by atoms with E-state index in [0.717, 1.165) is 0 Å². The van der Waals surface area contributed by atoms with Crippen LogP contribution < -0.4 is 11.1 Å². The van der Waals surface area contributed by atoms with Crippen LogP contribution in [0, 0.1) is 0 Å². The molecule has 0 aliphatic carbocycles. The number of nitrogens with two attached hydrogens (primary N) is 1. The van der Waals surface area contributed by atoms with Crippen LogP contribution >= 0.6 is 11.6 Å². The molecule has 0 bridgehead atoms. The SMILES string of the molecule is COC(=O)c1cc(Cl)ccc1NC(=O)c1ccc(CN)o1. The maximum atomic E-state index is 12.1. The fourth-order valence-electron chi connectivity index (χ4n) is 1.70. The highest BCUT2D eigenvalue weighted by molar-refractivity contribution is 6.31. The topological polar surface area (TPSA) is 94.6 Å². The molecule has 0 radical (unpaired) electrons. The smallest absolute Gasteiger partial charge is 0.340 e. The number of hydrogen-bond acceptors (Lipinski definition) is 5. The molecule has 1 aromatic carbocycles. The van der Waals surface area contributed by atoms with E-state index in [2.05, 4.69) is 10.1 Å². The first-order valence-electron chi connectivity index (χ1n) is 6.03. The normalized spacial score (nSPS) is 10.2. The number of furan rings is 1. The van der Waals surface area contributed by atoms with E-state index in [0.29, 0.717) is 10.8 Å². The lowest BCUT2D eigenvalue weighted by Crippen LogP contribution is -2.15. The molecule has 2 aromatic rings. The fraction of sp³-hybridized carbons (Fsp3) is 0.143. The molecule has 1 amide bonds. The molecule has 1 heterocycles. The van der Waals surface area contributed by atoms with Gasteiger partial charge in [0.2, 0.25) is 0 Å². The Morgan fingerprint density at radius 3 is 2.71 bits per heavy atom. The zero-order chi connectivity index (χ0) is 15.4. The standard InChI is InChI=1S/C14H13ClN2O4/c1-20-14(19)10-6-8(15)2-4-11(10)17-13(18)12-5-3-9(7-16)21-12/h2-6H,7,16H2,1H3,(H,17,18). The Morgan fingerprint density at radius 1 is 1.33 bits per heavy atom. The third-order valence-electron chi connectivity index (χ3n) is 2.72. The molecule has 0 saturated heterocycles. The van der Waals surface area contributed by atoms with Crippen LogP contribution in [0.2, 0.25) is 5.02 Å². The number of halogens is 1. The predicted octanol–water partition coefficient (Wildman–Crippen LogP) is 2.43. The Bertz CT molecular complexity index is 681. The van der Waals surface area contributed by atoms with Gasteiger partial charge in [0.15, 0.2) is 5.76 Å². The molecule has 0 spiro atoms. The quantitative estimate of drug-likeness (QED) is 0.846. The number of ether oxygens (including phenoxy) is 1. The number of rotatable bonds is 4. The van der Waals surface area contributed by atoms with Crippen molar-refractivity contribution >= 4 is 29.2 Å². The van der Waals surface area contributed by atoms with Crippen molar-refractivity contribution in [3.63, 3.8) is 0 Å². The molecule has 21 heavy (non-hydrogen) atoms. The minimum Gasteiger partial charge on any atom is -0.465 e. The third-order valence-corrected chi connectivity index (χ3v) is 2.96. The number of esters is 1. The molecule has 0 aliphatic heterocycles. The Hall–Kier alpha value is -2.31. The van der Waals surface area contributed by atoms with E-state index in [-0.39, 0.29) is 23.6 Å². The van der Waals surface area contributed by atoms with Gasteiger partial charge in [-0.05, 0) is 30.3 Å². The lowest BCUT2D eigenvalue weighted by molar-refractivity contribution is 0.0602. The first kappa shape index (κ1) is 15.1. The fourth-order valence-corrected chi connectivity index (χ4v) is 1.87. The van der Waals surface area contributed by atoms with E-state index in [1.807, 2.05) is 0 Å². The van der Waals surface area contributed by atoms with Gasteiger partial charge in [0.05, 0.1) is 24.9 Å². The van der Waals surface area contributed by atoms with E-state index in [4.69, 9.17) is 21.8 Å². The average Bonchev–Trinajstić information content (AvgIpc) is 2.97. The zero-order valence-electron chi connectivity index (χ0n) is 11.2. The summed E-state index contributed by atoms with van der Waals surface area (Å²) in [5.74, 6) is -0.511. The second-order valence-electron chi connectivity index (χ2n) is 4.11. The molecule has 1 aromatic heterocycles. The van der Waals surface area contributed by atoms with Gasteiger partial charge in [-0.25, -0.2) is 4.79 Å². The molecule has 0 atom stereocenters. The van der Waals surface area contributed by atoms with Crippen molar-refractivity contribution in [2.45, 2.75) is 6.54 Å². The number of nitrogens with one attached hydrogen (secondary N) is 1. The van der Waals surface area contributed by atoms with Crippen molar-refractivity contribution in [1.29, 1.82) is 0 Å². The lowest BCUT2D eigenvalue weighted by atomic mass is 10.1. The summed E-state index contributed by atoms with van der Waals surface area (Å²) >= 11 is 5.84. The maximum absolute atomic E-state index is 12.1. The Kier molecular flexibility index (Phi) is 4.62. The van der Waals surface area contributed by atoms with Crippen molar-refractivity contribution in [1.82, 2.24) is 0 Å². The van der Waals surface area contributed by atoms with Crippen LogP contribution in [0.15, 0.2) is 34.7 Å². The summed E-state index contributed by atoms with van der Waals surface area (Å²) in [7, 11) is 1.24. The molecule has 0 aliphatic rings. The van der Waals surface area contributed by atoms with Crippen LogP contribution in [0.4, 0.5) is 5.69 Å². The summed E-state index contributed by atoms with van der Waals surface area (Å²) in [5, 5.41) is 2.93. The van der Waals surface area contributed by atoms with Crippen molar-refractivity contribution in [3.8, 4) is 0 Å². The summed E-state index contributed by atoms with van der Waals surface area (Å²) < 4.78 is 9.89. The Morgan fingerprint density at radius 2 is 2.10 bits per heavy atom. The number of methoxy groups -OCH3 is 1. The Balaban J connectivity index is 2.26. The molecule has 0 fully saturated rings. The predicted molar refractivity (Wildman–Crippen MR) is 77.3 cm³/mol. The summed E-state index contributed by atoms with van der Waals surface area (Å²) in [4.78, 5) is 23.7. The van der Waals surface area contributed by atoms with Gasteiger partial charge in [0.25, 0.3) is 5.91 Å². The van der Waals surface area contributed by atoms with E-state index in [9.17, 15) is 9.59 Å². The van der Waals surface area contributed by atoms with Crippen LogP contribution in [0.5, 0.6) is 0 Å². The monoisotopic (exact) mass is 308 g/mol. The van der Waals surface area contributed by atoms with Gasteiger partial charge in [0, 0.05) is 5.02 Å². The van der Waals surface area contributed by atoms with E-state index in [1.54, 1.807) is 12.1 Å². The van der Waals surface area contributed by atoms with E-state index in [1.165, 1.54) is 25.3 Å². The molecule has 2 rings (SSSR count). The maximum Gasteiger partial charge on any atom is 0.340 e. The van der Waals surface area contributed by atoms with Crippen LogP contribution in [0.3, 0.4) is 0 Å². The molecule has 0 unspecified atom stereocenters. The van der Waals surface area contributed by atoms with Gasteiger partial charge < -0.3 is 20.2 Å². The highest BCUT2D eigenvalue weighted by Crippen LogP contribution is 2.22. The van der Waals surface area contributed by atoms with Gasteiger partial charge in [-0.3, -0.25) is 4.79 Å². The summed E-state index contributed by atoms with van der Waals surface area (Å²) in [6.45, 7) is 0.196. The second-order valence-corrected chi connectivity index (χ2v) is 4.54. The third kappa shape index (κ3) is 3.42. The zero-order valence-corrected chi connectivity index (χ0v) is 11.9. The molecule has 110 valence electrons. The highest BCUT2D eigenvalue weighted by atomic mass is 35.5. The van der Waals surface area contributed by atoms with E-state index < -0.39 is 11.9 Å². The van der Waals surface area contributed by atoms with Crippen molar-refractivity contribution in [3.05, 3.63) is 52.4 Å². The summed E-state index contributed by atoms with van der Waals surface area (Å²) in [6, 6.07) is 7.59. The molecule has 7 heteroatoms. The van der Waals surface area contributed by atoms with Gasteiger partial charge in [-0.1, -0.05) is 11.6 Å². The number of anilines is 1.